The number of ether oxygens (including phenoxy) is 1. The number of aryl methyl sites for hydroxylation is 1. The third-order valence-electron chi connectivity index (χ3n) is 3.36. The number of likely N-dealkylation sites (N-methyl/N-ethyl adjacent to an activating group) is 1. The van der Waals surface area contributed by atoms with Crippen molar-refractivity contribution >= 4 is 0 Å². The molecular weight excluding hydrogens is 238 g/mol. The maximum atomic E-state index is 5.27. The number of hydrogen-bond donors (Lipinski definition) is 1. The number of aromatic nitrogens is 2. The van der Waals surface area contributed by atoms with Crippen LogP contribution < -0.4 is 10.1 Å². The summed E-state index contributed by atoms with van der Waals surface area (Å²) >= 11 is 0. The Morgan fingerprint density at radius 1 is 1.32 bits per heavy atom. The second-order valence-corrected chi connectivity index (χ2v) is 4.62. The molecule has 102 valence electrons. The molecule has 1 aromatic heterocycles. The molecule has 1 aromatic carbocycles. The predicted octanol–water partition coefficient (Wildman–Crippen LogP) is 2.26. The number of nitrogens with one attached hydrogen (secondary N) is 1. The maximum Gasteiger partial charge on any atom is 0.121 e. The molecule has 1 N–H and O–H groups in total. The van der Waals surface area contributed by atoms with Crippen molar-refractivity contribution in [2.45, 2.75) is 20.3 Å². The molecule has 0 unspecified atom stereocenters. The molecule has 0 atom stereocenters. The van der Waals surface area contributed by atoms with Gasteiger partial charge in [-0.2, -0.15) is 5.10 Å². The lowest BCUT2D eigenvalue weighted by atomic mass is 10.1. The summed E-state index contributed by atoms with van der Waals surface area (Å²) in [7, 11) is 3.65. The number of hydrogen-bond acceptors (Lipinski definition) is 3. The van der Waals surface area contributed by atoms with Gasteiger partial charge in [0.1, 0.15) is 5.75 Å². The molecule has 0 radical (unpaired) electrons. The van der Waals surface area contributed by atoms with Crippen molar-refractivity contribution in [1.82, 2.24) is 15.1 Å². The molecule has 4 heteroatoms. The topological polar surface area (TPSA) is 39.1 Å². The van der Waals surface area contributed by atoms with Crippen molar-refractivity contribution in [1.29, 1.82) is 0 Å². The number of nitrogens with zero attached hydrogens (tertiary/aromatic N) is 2. The average molecular weight is 259 g/mol. The third-order valence-corrected chi connectivity index (χ3v) is 3.36. The minimum Gasteiger partial charge on any atom is -0.497 e. The van der Waals surface area contributed by atoms with Gasteiger partial charge >= 0.3 is 0 Å². The van der Waals surface area contributed by atoms with Crippen molar-refractivity contribution in [3.8, 4) is 11.4 Å². The first-order valence-corrected chi connectivity index (χ1v) is 6.51. The Morgan fingerprint density at radius 3 is 2.79 bits per heavy atom. The second kappa shape index (κ2) is 5.89. The lowest BCUT2D eigenvalue weighted by Gasteiger charge is -2.07. The van der Waals surface area contributed by atoms with Gasteiger partial charge in [0.25, 0.3) is 0 Å². The van der Waals surface area contributed by atoms with E-state index in [1.54, 1.807) is 7.11 Å². The quantitative estimate of drug-likeness (QED) is 0.895. The summed E-state index contributed by atoms with van der Waals surface area (Å²) in [6, 6.07) is 7.97. The lowest BCUT2D eigenvalue weighted by Crippen LogP contribution is -2.11. The highest BCUT2D eigenvalue weighted by Crippen LogP contribution is 2.21. The van der Waals surface area contributed by atoms with Crippen LogP contribution in [0.3, 0.4) is 0 Å². The van der Waals surface area contributed by atoms with Gasteiger partial charge in [0.05, 0.1) is 18.5 Å². The van der Waals surface area contributed by atoms with Gasteiger partial charge in [0.15, 0.2) is 0 Å². The van der Waals surface area contributed by atoms with E-state index in [0.29, 0.717) is 0 Å². The molecule has 0 saturated heterocycles. The SMILES string of the molecule is CNCCc1c(C)nn(-c2cccc(OC)c2)c1C. The summed E-state index contributed by atoms with van der Waals surface area (Å²) in [4.78, 5) is 0. The molecule has 4 nitrogen and oxygen atoms in total. The standard InChI is InChI=1S/C15H21N3O/c1-11-15(8-9-16-3)12(2)18(17-11)13-6-5-7-14(10-13)19-4/h5-7,10,16H,8-9H2,1-4H3. The van der Waals surface area contributed by atoms with Crippen LogP contribution in [0.4, 0.5) is 0 Å². The molecule has 0 aliphatic heterocycles. The summed E-state index contributed by atoms with van der Waals surface area (Å²) in [6.45, 7) is 5.14. The summed E-state index contributed by atoms with van der Waals surface area (Å²) in [5.41, 5.74) is 4.64. The van der Waals surface area contributed by atoms with Gasteiger partial charge in [0, 0.05) is 11.8 Å². The third kappa shape index (κ3) is 2.79. The van der Waals surface area contributed by atoms with Gasteiger partial charge in [-0.3, -0.25) is 0 Å². The highest BCUT2D eigenvalue weighted by molar-refractivity contribution is 5.42. The van der Waals surface area contributed by atoms with Crippen LogP contribution in [0.25, 0.3) is 5.69 Å². The van der Waals surface area contributed by atoms with Crippen LogP contribution in [0, 0.1) is 13.8 Å². The molecular formula is C15H21N3O. The molecule has 1 heterocycles. The lowest BCUT2D eigenvalue weighted by molar-refractivity contribution is 0.414. The van der Waals surface area contributed by atoms with E-state index in [-0.39, 0.29) is 0 Å². The maximum absolute atomic E-state index is 5.27. The van der Waals surface area contributed by atoms with Crippen LogP contribution in [0.1, 0.15) is 17.0 Å². The molecule has 2 rings (SSSR count). The highest BCUT2D eigenvalue weighted by atomic mass is 16.5. The minimum absolute atomic E-state index is 0.849. The van der Waals surface area contributed by atoms with Crippen molar-refractivity contribution in [3.05, 3.63) is 41.2 Å². The number of benzene rings is 1. The monoisotopic (exact) mass is 259 g/mol. The highest BCUT2D eigenvalue weighted by Gasteiger charge is 2.12. The van der Waals surface area contributed by atoms with Crippen LogP contribution in [0.5, 0.6) is 5.75 Å². The Hall–Kier alpha value is -1.81. The van der Waals surface area contributed by atoms with E-state index >= 15 is 0 Å². The molecule has 0 bridgehead atoms. The molecule has 0 saturated carbocycles. The van der Waals surface area contributed by atoms with Gasteiger partial charge in [-0.05, 0) is 51.6 Å². The average Bonchev–Trinajstić information content (AvgIpc) is 2.72. The second-order valence-electron chi connectivity index (χ2n) is 4.62. The first kappa shape index (κ1) is 13.6. The number of rotatable bonds is 5. The zero-order valence-electron chi connectivity index (χ0n) is 12.0. The van der Waals surface area contributed by atoms with Gasteiger partial charge < -0.3 is 10.1 Å². The largest absolute Gasteiger partial charge is 0.497 e. The Balaban J connectivity index is 2.39. The van der Waals surface area contributed by atoms with Crippen molar-refractivity contribution in [3.63, 3.8) is 0 Å². The van der Waals surface area contributed by atoms with Gasteiger partial charge in [-0.1, -0.05) is 6.07 Å². The molecule has 0 spiro atoms. The van der Waals surface area contributed by atoms with Crippen molar-refractivity contribution in [2.75, 3.05) is 20.7 Å². The van der Waals surface area contributed by atoms with E-state index in [9.17, 15) is 0 Å². The van der Waals surface area contributed by atoms with Crippen LogP contribution in [-0.2, 0) is 6.42 Å². The van der Waals surface area contributed by atoms with E-state index in [4.69, 9.17) is 4.74 Å². The Morgan fingerprint density at radius 2 is 2.11 bits per heavy atom. The van der Waals surface area contributed by atoms with Crippen LogP contribution in [0.15, 0.2) is 24.3 Å². The zero-order valence-corrected chi connectivity index (χ0v) is 12.0. The molecule has 0 aliphatic rings. The van der Waals surface area contributed by atoms with E-state index in [1.807, 2.05) is 36.0 Å². The molecule has 0 amide bonds. The summed E-state index contributed by atoms with van der Waals surface area (Å²) in [5, 5.41) is 7.82. The Bertz CT molecular complexity index is 561. The van der Waals surface area contributed by atoms with Crippen molar-refractivity contribution in [2.24, 2.45) is 0 Å². The molecule has 0 aliphatic carbocycles. The van der Waals surface area contributed by atoms with E-state index < -0.39 is 0 Å². The summed E-state index contributed by atoms with van der Waals surface area (Å²) < 4.78 is 7.26. The first-order chi connectivity index (χ1) is 9.17. The fraction of sp³-hybridized carbons (Fsp3) is 0.400. The Kier molecular flexibility index (Phi) is 4.22. The zero-order chi connectivity index (χ0) is 13.8. The molecule has 0 fully saturated rings. The van der Waals surface area contributed by atoms with Crippen LogP contribution in [-0.4, -0.2) is 30.5 Å². The van der Waals surface area contributed by atoms with Crippen LogP contribution in [0.2, 0.25) is 0 Å². The van der Waals surface area contributed by atoms with E-state index in [2.05, 4.69) is 24.3 Å². The normalized spacial score (nSPS) is 10.7. The van der Waals surface area contributed by atoms with Gasteiger partial charge in [-0.25, -0.2) is 4.68 Å². The minimum atomic E-state index is 0.849. The van der Waals surface area contributed by atoms with Gasteiger partial charge in [-0.15, -0.1) is 0 Å². The summed E-state index contributed by atoms with van der Waals surface area (Å²) in [5.74, 6) is 0.849. The summed E-state index contributed by atoms with van der Waals surface area (Å²) in [6.07, 6.45) is 0.998. The van der Waals surface area contributed by atoms with Crippen molar-refractivity contribution < 1.29 is 4.74 Å². The molecule has 2 aromatic rings. The first-order valence-electron chi connectivity index (χ1n) is 6.51. The predicted molar refractivity (Wildman–Crippen MR) is 77.2 cm³/mol. The smallest absolute Gasteiger partial charge is 0.121 e. The van der Waals surface area contributed by atoms with E-state index in [1.165, 1.54) is 11.3 Å². The van der Waals surface area contributed by atoms with Gasteiger partial charge in [0.2, 0.25) is 0 Å². The van der Waals surface area contributed by atoms with Crippen LogP contribution >= 0.6 is 0 Å². The fourth-order valence-corrected chi connectivity index (χ4v) is 2.28. The number of methoxy groups -OCH3 is 1. The Labute approximate surface area is 114 Å². The fourth-order valence-electron chi connectivity index (χ4n) is 2.28. The van der Waals surface area contributed by atoms with E-state index in [0.717, 1.165) is 30.1 Å². The molecule has 19 heavy (non-hydrogen) atoms.